The van der Waals surface area contributed by atoms with Crippen LogP contribution in [-0.4, -0.2) is 20.1 Å². The number of benzene rings is 1. The lowest BCUT2D eigenvalue weighted by molar-refractivity contribution is 0.102. The van der Waals surface area contributed by atoms with Crippen LogP contribution in [0.25, 0.3) is 0 Å². The largest absolute Gasteiger partial charge is 0.493 e. The van der Waals surface area contributed by atoms with Crippen molar-refractivity contribution in [2.45, 2.75) is 40.0 Å². The summed E-state index contributed by atoms with van der Waals surface area (Å²) in [6.07, 6.45) is 2.93. The third-order valence-corrected chi connectivity index (χ3v) is 6.64. The van der Waals surface area contributed by atoms with Crippen molar-refractivity contribution in [3.05, 3.63) is 39.8 Å². The number of carbonyl (C=O) groups excluding carboxylic acids is 1. The third-order valence-electron chi connectivity index (χ3n) is 5.47. The van der Waals surface area contributed by atoms with Crippen molar-refractivity contribution in [1.29, 1.82) is 5.26 Å². The monoisotopic (exact) mass is 398 g/mol. The van der Waals surface area contributed by atoms with Gasteiger partial charge in [0, 0.05) is 10.4 Å². The minimum absolute atomic E-state index is 0.234. The number of anilines is 1. The molecule has 0 spiro atoms. The molecule has 2 aromatic rings. The zero-order valence-electron chi connectivity index (χ0n) is 17.0. The van der Waals surface area contributed by atoms with E-state index >= 15 is 0 Å². The van der Waals surface area contributed by atoms with Gasteiger partial charge < -0.3 is 14.8 Å². The number of thiophene rings is 1. The molecule has 0 saturated heterocycles. The molecule has 0 bridgehead atoms. The fourth-order valence-corrected chi connectivity index (χ4v) is 4.96. The molecule has 0 aliphatic heterocycles. The number of ether oxygens (including phenoxy) is 2. The highest BCUT2D eigenvalue weighted by Crippen LogP contribution is 2.44. The van der Waals surface area contributed by atoms with Gasteiger partial charge in [-0.15, -0.1) is 11.3 Å². The highest BCUT2D eigenvalue weighted by Gasteiger charge is 2.32. The molecule has 6 heteroatoms. The predicted molar refractivity (Wildman–Crippen MR) is 112 cm³/mol. The number of carbonyl (C=O) groups is 1. The molecule has 3 rings (SSSR count). The molecule has 5 nitrogen and oxygen atoms in total. The third kappa shape index (κ3) is 3.85. The van der Waals surface area contributed by atoms with Crippen molar-refractivity contribution in [1.82, 2.24) is 0 Å². The number of nitrogens with zero attached hydrogens (tertiary/aromatic N) is 1. The van der Waals surface area contributed by atoms with Crippen LogP contribution in [0.2, 0.25) is 0 Å². The lowest BCUT2D eigenvalue weighted by Gasteiger charge is -2.33. The van der Waals surface area contributed by atoms with E-state index in [0.717, 1.165) is 24.8 Å². The Balaban J connectivity index is 1.87. The first-order chi connectivity index (χ1) is 13.3. The van der Waals surface area contributed by atoms with Crippen LogP contribution in [0.15, 0.2) is 18.2 Å². The number of amides is 1. The quantitative estimate of drug-likeness (QED) is 0.783. The molecule has 1 N–H and O–H groups in total. The number of nitriles is 1. The smallest absolute Gasteiger partial charge is 0.256 e. The van der Waals surface area contributed by atoms with Gasteiger partial charge in [-0.05, 0) is 54.4 Å². The molecule has 1 aromatic heterocycles. The minimum atomic E-state index is -0.261. The van der Waals surface area contributed by atoms with Gasteiger partial charge in [0.1, 0.15) is 11.1 Å². The van der Waals surface area contributed by atoms with Crippen LogP contribution in [-0.2, 0) is 12.8 Å². The Bertz CT molecular complexity index is 934. The van der Waals surface area contributed by atoms with E-state index in [0.29, 0.717) is 33.5 Å². The van der Waals surface area contributed by atoms with Crippen LogP contribution in [0.1, 0.15) is 53.6 Å². The van der Waals surface area contributed by atoms with Gasteiger partial charge in [0.25, 0.3) is 5.91 Å². The summed E-state index contributed by atoms with van der Waals surface area (Å²) in [6.45, 7) is 6.80. The Morgan fingerprint density at radius 3 is 2.57 bits per heavy atom. The van der Waals surface area contributed by atoms with Crippen LogP contribution < -0.4 is 14.8 Å². The van der Waals surface area contributed by atoms with Gasteiger partial charge in [-0.1, -0.05) is 20.8 Å². The maximum absolute atomic E-state index is 12.8. The van der Waals surface area contributed by atoms with Crippen LogP contribution in [0, 0.1) is 22.7 Å². The highest BCUT2D eigenvalue weighted by atomic mass is 32.1. The lowest BCUT2D eigenvalue weighted by atomic mass is 9.72. The number of hydrogen-bond donors (Lipinski definition) is 1. The summed E-state index contributed by atoms with van der Waals surface area (Å²) in [5.41, 5.74) is 2.41. The average molecular weight is 399 g/mol. The van der Waals surface area contributed by atoms with Crippen molar-refractivity contribution in [2.75, 3.05) is 19.5 Å². The van der Waals surface area contributed by atoms with E-state index in [2.05, 4.69) is 32.2 Å². The fourth-order valence-electron chi connectivity index (χ4n) is 3.68. The van der Waals surface area contributed by atoms with Gasteiger partial charge in [0.2, 0.25) is 0 Å². The highest BCUT2D eigenvalue weighted by molar-refractivity contribution is 7.16. The summed E-state index contributed by atoms with van der Waals surface area (Å²) < 4.78 is 10.5. The maximum atomic E-state index is 12.8. The summed E-state index contributed by atoms with van der Waals surface area (Å²) >= 11 is 1.54. The van der Waals surface area contributed by atoms with E-state index in [1.54, 1.807) is 25.3 Å². The van der Waals surface area contributed by atoms with Gasteiger partial charge in [0.15, 0.2) is 11.5 Å². The molecule has 0 fully saturated rings. The van der Waals surface area contributed by atoms with Gasteiger partial charge in [-0.3, -0.25) is 4.79 Å². The van der Waals surface area contributed by atoms with Crippen LogP contribution >= 0.6 is 11.3 Å². The first kappa shape index (κ1) is 20.2. The molecule has 28 heavy (non-hydrogen) atoms. The van der Waals surface area contributed by atoms with E-state index in [9.17, 15) is 10.1 Å². The molecule has 0 unspecified atom stereocenters. The SMILES string of the molecule is COc1ccc(C(=O)Nc2sc3c(c2C#N)CC[C@H](C(C)(C)C)C3)cc1OC. The number of hydrogen-bond acceptors (Lipinski definition) is 5. The molecular weight excluding hydrogens is 372 g/mol. The molecule has 1 atom stereocenters. The minimum Gasteiger partial charge on any atom is -0.493 e. The molecule has 1 aliphatic carbocycles. The predicted octanol–water partition coefficient (Wildman–Crippen LogP) is 5.04. The second kappa shape index (κ2) is 7.84. The standard InChI is InChI=1S/C22H26N2O3S/c1-22(2,3)14-7-8-15-16(12-23)21(28-19(15)11-14)24-20(25)13-6-9-17(26-4)18(10-13)27-5/h6,9-10,14H,7-8,11H2,1-5H3,(H,24,25)/t14-/m0/s1. The average Bonchev–Trinajstić information content (AvgIpc) is 3.02. The van der Waals surface area contributed by atoms with Gasteiger partial charge in [-0.25, -0.2) is 0 Å². The normalized spacial score (nSPS) is 16.1. The number of nitrogens with one attached hydrogen (secondary N) is 1. The van der Waals surface area contributed by atoms with E-state index in [1.165, 1.54) is 23.3 Å². The van der Waals surface area contributed by atoms with E-state index < -0.39 is 0 Å². The second-order valence-corrected chi connectivity index (χ2v) is 9.25. The number of methoxy groups -OCH3 is 2. The zero-order valence-corrected chi connectivity index (χ0v) is 17.8. The molecule has 148 valence electrons. The zero-order chi connectivity index (χ0) is 20.5. The van der Waals surface area contributed by atoms with Gasteiger partial charge in [0.05, 0.1) is 19.8 Å². The summed E-state index contributed by atoms with van der Waals surface area (Å²) in [7, 11) is 3.09. The first-order valence-corrected chi connectivity index (χ1v) is 10.2. The first-order valence-electron chi connectivity index (χ1n) is 9.36. The van der Waals surface area contributed by atoms with Crippen LogP contribution in [0.4, 0.5) is 5.00 Å². The summed E-state index contributed by atoms with van der Waals surface area (Å²) in [4.78, 5) is 14.0. The van der Waals surface area contributed by atoms with Gasteiger partial charge >= 0.3 is 0 Å². The molecule has 0 saturated carbocycles. The summed E-state index contributed by atoms with van der Waals surface area (Å²) in [6, 6.07) is 7.34. The van der Waals surface area contributed by atoms with Crippen molar-refractivity contribution < 1.29 is 14.3 Å². The molecule has 1 aliphatic rings. The topological polar surface area (TPSA) is 71.3 Å². The Kier molecular flexibility index (Phi) is 5.66. The van der Waals surface area contributed by atoms with Crippen molar-refractivity contribution >= 4 is 22.2 Å². The summed E-state index contributed by atoms with van der Waals surface area (Å²) in [5, 5.41) is 13.3. The lowest BCUT2D eigenvalue weighted by Crippen LogP contribution is -2.26. The molecule has 0 radical (unpaired) electrons. The van der Waals surface area contributed by atoms with Crippen molar-refractivity contribution in [3.63, 3.8) is 0 Å². The van der Waals surface area contributed by atoms with Crippen molar-refractivity contribution in [3.8, 4) is 17.6 Å². The Morgan fingerprint density at radius 1 is 1.25 bits per heavy atom. The Morgan fingerprint density at radius 2 is 1.96 bits per heavy atom. The van der Waals surface area contributed by atoms with Crippen LogP contribution in [0.3, 0.4) is 0 Å². The molecule has 1 aromatic carbocycles. The van der Waals surface area contributed by atoms with E-state index in [-0.39, 0.29) is 11.3 Å². The molecular formula is C22H26N2O3S. The Hall–Kier alpha value is -2.52. The van der Waals surface area contributed by atoms with Crippen molar-refractivity contribution in [2.24, 2.45) is 11.3 Å². The number of fused-ring (bicyclic) bond motifs is 1. The van der Waals surface area contributed by atoms with Gasteiger partial charge in [-0.2, -0.15) is 5.26 Å². The maximum Gasteiger partial charge on any atom is 0.256 e. The molecule has 1 heterocycles. The van der Waals surface area contributed by atoms with E-state index in [1.807, 2.05) is 0 Å². The Labute approximate surface area is 170 Å². The fraction of sp³-hybridized carbons (Fsp3) is 0.455. The molecule has 1 amide bonds. The van der Waals surface area contributed by atoms with E-state index in [4.69, 9.17) is 9.47 Å². The summed E-state index contributed by atoms with van der Waals surface area (Å²) in [5.74, 6) is 1.38. The van der Waals surface area contributed by atoms with Crippen LogP contribution in [0.5, 0.6) is 11.5 Å². The number of rotatable bonds is 4. The second-order valence-electron chi connectivity index (χ2n) is 8.15.